The average molecular weight is 266 g/mol. The Morgan fingerprint density at radius 1 is 1.61 bits per heavy atom. The summed E-state index contributed by atoms with van der Waals surface area (Å²) < 4.78 is 2.37. The zero-order valence-electron chi connectivity index (χ0n) is 10.5. The van der Waals surface area contributed by atoms with Gasteiger partial charge in [0.25, 0.3) is 0 Å². The molecular formula is C12H18N4OS. The Labute approximate surface area is 111 Å². The summed E-state index contributed by atoms with van der Waals surface area (Å²) in [7, 11) is 1.85. The number of aromatic nitrogens is 3. The summed E-state index contributed by atoms with van der Waals surface area (Å²) in [6.07, 6.45) is 5.07. The van der Waals surface area contributed by atoms with E-state index in [1.807, 2.05) is 7.05 Å². The van der Waals surface area contributed by atoms with Crippen LogP contribution in [-0.4, -0.2) is 20.7 Å². The molecule has 2 N–H and O–H groups in total. The first kappa shape index (κ1) is 11.9. The molecule has 1 aromatic heterocycles. The molecule has 1 amide bonds. The number of nitrogens with one attached hydrogen (secondary N) is 2. The largest absolute Gasteiger partial charge is 0.349 e. The minimum absolute atomic E-state index is 0.181. The van der Waals surface area contributed by atoms with Crippen LogP contribution in [0.4, 0.5) is 0 Å². The van der Waals surface area contributed by atoms with Gasteiger partial charge in [-0.25, -0.2) is 0 Å². The van der Waals surface area contributed by atoms with Crippen LogP contribution in [0, 0.1) is 22.5 Å². The van der Waals surface area contributed by atoms with E-state index in [-0.39, 0.29) is 11.8 Å². The average Bonchev–Trinajstić information content (AvgIpc) is 2.98. The van der Waals surface area contributed by atoms with Crippen LogP contribution in [0.2, 0.25) is 0 Å². The molecule has 0 saturated heterocycles. The van der Waals surface area contributed by atoms with Gasteiger partial charge in [0, 0.05) is 13.0 Å². The van der Waals surface area contributed by atoms with Crippen molar-refractivity contribution in [1.29, 1.82) is 0 Å². The maximum Gasteiger partial charge on any atom is 0.223 e. The van der Waals surface area contributed by atoms with Crippen LogP contribution in [0.15, 0.2) is 0 Å². The van der Waals surface area contributed by atoms with Crippen molar-refractivity contribution < 1.29 is 4.79 Å². The van der Waals surface area contributed by atoms with E-state index in [1.54, 1.807) is 4.57 Å². The number of carbonyl (C=O) groups is 1. The smallest absolute Gasteiger partial charge is 0.223 e. The number of aromatic amines is 1. The number of carbonyl (C=O) groups excluding carboxylic acids is 1. The van der Waals surface area contributed by atoms with Crippen LogP contribution in [0.5, 0.6) is 0 Å². The van der Waals surface area contributed by atoms with Crippen LogP contribution in [0.25, 0.3) is 0 Å². The summed E-state index contributed by atoms with van der Waals surface area (Å²) in [6.45, 7) is 0.455. The van der Waals surface area contributed by atoms with E-state index in [0.29, 0.717) is 17.2 Å². The third-order valence-electron chi connectivity index (χ3n) is 4.33. The van der Waals surface area contributed by atoms with Crippen LogP contribution in [0.3, 0.4) is 0 Å². The van der Waals surface area contributed by atoms with Gasteiger partial charge in [-0.2, -0.15) is 5.10 Å². The molecule has 3 rings (SSSR count). The first-order valence-electron chi connectivity index (χ1n) is 6.55. The topological polar surface area (TPSA) is 62.7 Å². The Bertz CT molecular complexity index is 516. The van der Waals surface area contributed by atoms with Crippen molar-refractivity contribution in [3.63, 3.8) is 0 Å². The van der Waals surface area contributed by atoms with E-state index in [1.165, 1.54) is 19.3 Å². The summed E-state index contributed by atoms with van der Waals surface area (Å²) in [5.41, 5.74) is 0. The van der Waals surface area contributed by atoms with Crippen molar-refractivity contribution >= 4 is 18.1 Å². The highest BCUT2D eigenvalue weighted by atomic mass is 32.1. The van der Waals surface area contributed by atoms with Gasteiger partial charge >= 0.3 is 0 Å². The van der Waals surface area contributed by atoms with Gasteiger partial charge in [-0.05, 0) is 30.5 Å². The molecule has 1 aromatic rings. The first-order valence-corrected chi connectivity index (χ1v) is 6.95. The van der Waals surface area contributed by atoms with Crippen LogP contribution >= 0.6 is 12.2 Å². The lowest BCUT2D eigenvalue weighted by Crippen LogP contribution is -2.28. The van der Waals surface area contributed by atoms with Gasteiger partial charge in [0.1, 0.15) is 0 Å². The zero-order chi connectivity index (χ0) is 12.7. The van der Waals surface area contributed by atoms with Crippen LogP contribution in [0.1, 0.15) is 31.5 Å². The Morgan fingerprint density at radius 2 is 2.39 bits per heavy atom. The van der Waals surface area contributed by atoms with Gasteiger partial charge < -0.3 is 9.88 Å². The fourth-order valence-corrected chi connectivity index (χ4v) is 2.89. The molecule has 2 fully saturated rings. The molecule has 0 aromatic carbocycles. The Morgan fingerprint density at radius 3 is 2.94 bits per heavy atom. The molecule has 98 valence electrons. The van der Waals surface area contributed by atoms with Gasteiger partial charge in [0.2, 0.25) is 5.91 Å². The quantitative estimate of drug-likeness (QED) is 0.812. The van der Waals surface area contributed by atoms with Crippen molar-refractivity contribution in [1.82, 2.24) is 20.1 Å². The minimum Gasteiger partial charge on any atom is -0.349 e. The van der Waals surface area contributed by atoms with E-state index < -0.39 is 0 Å². The van der Waals surface area contributed by atoms with Crippen molar-refractivity contribution in [2.75, 3.05) is 0 Å². The summed E-state index contributed by atoms with van der Waals surface area (Å²) in [6, 6.07) is 0. The summed E-state index contributed by atoms with van der Waals surface area (Å²) in [5.74, 6) is 2.68. The molecule has 0 radical (unpaired) electrons. The highest BCUT2D eigenvalue weighted by molar-refractivity contribution is 7.71. The number of H-pyrrole nitrogens is 1. The molecular weight excluding hydrogens is 248 g/mol. The molecule has 0 unspecified atom stereocenters. The maximum absolute atomic E-state index is 12.0. The summed E-state index contributed by atoms with van der Waals surface area (Å²) in [4.78, 5) is 12.0. The second-order valence-electron chi connectivity index (χ2n) is 5.42. The van der Waals surface area contributed by atoms with Gasteiger partial charge in [0.05, 0.1) is 6.54 Å². The molecule has 2 atom stereocenters. The van der Waals surface area contributed by atoms with Gasteiger partial charge in [-0.3, -0.25) is 9.89 Å². The highest BCUT2D eigenvalue weighted by Crippen LogP contribution is 2.51. The van der Waals surface area contributed by atoms with Gasteiger partial charge in [-0.1, -0.05) is 19.3 Å². The predicted molar refractivity (Wildman–Crippen MR) is 69.2 cm³/mol. The van der Waals surface area contributed by atoms with Gasteiger partial charge in [0.15, 0.2) is 10.6 Å². The molecule has 0 spiro atoms. The minimum atomic E-state index is 0.181. The molecule has 2 saturated carbocycles. The molecule has 6 heteroatoms. The number of rotatable bonds is 4. The predicted octanol–water partition coefficient (Wildman–Crippen LogP) is 1.53. The van der Waals surface area contributed by atoms with Crippen molar-refractivity contribution in [2.45, 2.75) is 32.2 Å². The molecule has 2 aliphatic rings. The number of hydrogen-bond donors (Lipinski definition) is 2. The second kappa shape index (κ2) is 4.50. The zero-order valence-corrected chi connectivity index (χ0v) is 11.3. The lowest BCUT2D eigenvalue weighted by Gasteiger charge is -2.25. The second-order valence-corrected chi connectivity index (χ2v) is 5.81. The molecule has 2 aliphatic carbocycles. The fraction of sp³-hybridized carbons (Fsp3) is 0.750. The SMILES string of the molecule is Cn1c(CNC(=O)[C@@H]2C[C@H]2C2CCC2)n[nH]c1=S. The Hall–Kier alpha value is -1.17. The molecule has 1 heterocycles. The standard InChI is InChI=1S/C12H18N4OS/c1-16-10(14-15-12(16)18)6-13-11(17)9-5-8(9)7-3-2-4-7/h7-9H,2-6H2,1H3,(H,13,17)(H,15,18)/t8-,9+/m0/s1. The fourth-order valence-electron chi connectivity index (χ4n) is 2.74. The number of amides is 1. The number of hydrogen-bond acceptors (Lipinski definition) is 3. The van der Waals surface area contributed by atoms with Crippen molar-refractivity contribution in [3.05, 3.63) is 10.6 Å². The van der Waals surface area contributed by atoms with E-state index >= 15 is 0 Å². The Kier molecular flexibility index (Phi) is 2.97. The van der Waals surface area contributed by atoms with Crippen LogP contribution in [-0.2, 0) is 18.4 Å². The summed E-state index contributed by atoms with van der Waals surface area (Å²) >= 11 is 5.03. The normalized spacial score (nSPS) is 26.7. The third-order valence-corrected chi connectivity index (χ3v) is 4.69. The van der Waals surface area contributed by atoms with E-state index in [2.05, 4.69) is 15.5 Å². The maximum atomic E-state index is 12.0. The molecule has 5 nitrogen and oxygen atoms in total. The van der Waals surface area contributed by atoms with E-state index in [4.69, 9.17) is 12.2 Å². The van der Waals surface area contributed by atoms with E-state index in [0.717, 1.165) is 18.2 Å². The Balaban J connectivity index is 1.50. The van der Waals surface area contributed by atoms with E-state index in [9.17, 15) is 4.79 Å². The summed E-state index contributed by atoms with van der Waals surface area (Å²) in [5, 5.41) is 9.75. The highest BCUT2D eigenvalue weighted by Gasteiger charge is 2.48. The molecule has 18 heavy (non-hydrogen) atoms. The number of nitrogens with zero attached hydrogens (tertiary/aromatic N) is 2. The van der Waals surface area contributed by atoms with Crippen LogP contribution < -0.4 is 5.32 Å². The lowest BCUT2D eigenvalue weighted by atomic mass is 9.81. The monoisotopic (exact) mass is 266 g/mol. The lowest BCUT2D eigenvalue weighted by molar-refractivity contribution is -0.123. The molecule has 0 bridgehead atoms. The first-order chi connectivity index (χ1) is 8.66. The van der Waals surface area contributed by atoms with Gasteiger partial charge in [-0.15, -0.1) is 0 Å². The van der Waals surface area contributed by atoms with Crippen molar-refractivity contribution in [3.8, 4) is 0 Å². The third kappa shape index (κ3) is 2.09. The van der Waals surface area contributed by atoms with Crippen molar-refractivity contribution in [2.24, 2.45) is 24.8 Å². The molecule has 0 aliphatic heterocycles.